The van der Waals surface area contributed by atoms with Crippen molar-refractivity contribution in [3.63, 3.8) is 0 Å². The summed E-state index contributed by atoms with van der Waals surface area (Å²) in [6.45, 7) is 0.128. The van der Waals surface area contributed by atoms with Gasteiger partial charge in [0, 0.05) is 0 Å². The highest BCUT2D eigenvalue weighted by Gasteiger charge is 2.12. The maximum Gasteiger partial charge on any atom is 0.310 e. The van der Waals surface area contributed by atoms with Crippen LogP contribution in [0.3, 0.4) is 0 Å². The normalized spacial score (nSPS) is 11.6. The lowest BCUT2D eigenvalue weighted by Gasteiger charge is -2.11. The Bertz CT molecular complexity index is 382. The summed E-state index contributed by atoms with van der Waals surface area (Å²) in [5.74, 6) is -1.51. The monoisotopic (exact) mass is 233 g/mol. The maximum atomic E-state index is 11.2. The van der Waals surface area contributed by atoms with Crippen LogP contribution in [-0.2, 0) is 16.1 Å². The number of nitrogens with one attached hydrogen (secondary N) is 1. The summed E-state index contributed by atoms with van der Waals surface area (Å²) in [7, 11) is 4.77. The Balaban J connectivity index is 2.28. The first-order valence-corrected chi connectivity index (χ1v) is 5.01. The molecule has 0 spiro atoms. The first-order chi connectivity index (χ1) is 8.08. The van der Waals surface area contributed by atoms with Crippen molar-refractivity contribution >= 4 is 19.6 Å². The number of aliphatic hydroxyl groups excluding tert-OH is 1. The fraction of sp³-hybridized carbons (Fsp3) is 0.273. The van der Waals surface area contributed by atoms with Crippen LogP contribution in [0.25, 0.3) is 0 Å². The third-order valence-corrected chi connectivity index (χ3v) is 1.91. The quantitative estimate of drug-likeness (QED) is 0.436. The van der Waals surface area contributed by atoms with Gasteiger partial charge in [-0.1, -0.05) is 30.3 Å². The highest BCUT2D eigenvalue weighted by atomic mass is 16.5. The second-order valence-corrected chi connectivity index (χ2v) is 3.37. The summed E-state index contributed by atoms with van der Waals surface area (Å²) >= 11 is 0. The lowest BCUT2D eigenvalue weighted by molar-refractivity contribution is -0.147. The predicted octanol–water partition coefficient (Wildman–Crippen LogP) is 0.316. The molecule has 2 radical (unpaired) electrons. The van der Waals surface area contributed by atoms with E-state index in [9.17, 15) is 14.7 Å². The van der Waals surface area contributed by atoms with Crippen molar-refractivity contribution < 1.29 is 19.4 Å². The second kappa shape index (κ2) is 6.70. The average molecular weight is 233 g/mol. The standard InChI is InChI=1S/C11H12BNO4/c12-11(16)13-9(14)6-10(15)17-7-8-4-2-1-3-5-8/h1-5,9,14H,6-7H2,(H,13,16). The van der Waals surface area contributed by atoms with Crippen molar-refractivity contribution in [1.82, 2.24) is 5.32 Å². The average Bonchev–Trinajstić information content (AvgIpc) is 2.26. The van der Waals surface area contributed by atoms with E-state index in [0.717, 1.165) is 5.56 Å². The lowest BCUT2D eigenvalue weighted by atomic mass is 10.1. The van der Waals surface area contributed by atoms with E-state index in [0.29, 0.717) is 0 Å². The van der Waals surface area contributed by atoms with Crippen molar-refractivity contribution in [1.29, 1.82) is 0 Å². The Labute approximate surface area is 100 Å². The highest BCUT2D eigenvalue weighted by Crippen LogP contribution is 2.02. The highest BCUT2D eigenvalue weighted by molar-refractivity contribution is 6.57. The number of hydrogen-bond acceptors (Lipinski definition) is 4. The van der Waals surface area contributed by atoms with Crippen LogP contribution >= 0.6 is 0 Å². The predicted molar refractivity (Wildman–Crippen MR) is 61.1 cm³/mol. The number of rotatable bonds is 5. The van der Waals surface area contributed by atoms with Crippen LogP contribution in [0.1, 0.15) is 12.0 Å². The molecule has 17 heavy (non-hydrogen) atoms. The number of benzene rings is 1. The van der Waals surface area contributed by atoms with Gasteiger partial charge in [0.15, 0.2) is 5.81 Å². The Morgan fingerprint density at radius 3 is 2.59 bits per heavy atom. The molecule has 0 saturated heterocycles. The largest absolute Gasteiger partial charge is 0.461 e. The molecule has 0 aliphatic rings. The fourth-order valence-electron chi connectivity index (χ4n) is 1.17. The number of carbonyl (C=O) groups is 2. The molecule has 0 fully saturated rings. The van der Waals surface area contributed by atoms with Crippen LogP contribution in [0.2, 0.25) is 0 Å². The van der Waals surface area contributed by atoms with E-state index >= 15 is 0 Å². The van der Waals surface area contributed by atoms with Crippen LogP contribution in [0.15, 0.2) is 30.3 Å². The smallest absolute Gasteiger partial charge is 0.310 e. The zero-order chi connectivity index (χ0) is 12.7. The minimum atomic E-state index is -1.32. The van der Waals surface area contributed by atoms with Crippen LogP contribution in [-0.4, -0.2) is 31.0 Å². The van der Waals surface area contributed by atoms with Gasteiger partial charge in [-0.15, -0.1) is 0 Å². The fourth-order valence-corrected chi connectivity index (χ4v) is 1.17. The van der Waals surface area contributed by atoms with Gasteiger partial charge in [-0.2, -0.15) is 0 Å². The minimum absolute atomic E-state index is 0.128. The zero-order valence-corrected chi connectivity index (χ0v) is 9.13. The molecule has 1 unspecified atom stereocenters. The molecule has 0 aliphatic carbocycles. The molecule has 1 rings (SSSR count). The zero-order valence-electron chi connectivity index (χ0n) is 9.13. The van der Waals surface area contributed by atoms with Crippen LogP contribution < -0.4 is 5.32 Å². The summed E-state index contributed by atoms with van der Waals surface area (Å²) in [4.78, 5) is 21.6. The summed E-state index contributed by atoms with van der Waals surface area (Å²) in [5, 5.41) is 11.1. The van der Waals surface area contributed by atoms with Crippen LogP contribution in [0, 0.1) is 0 Å². The summed E-state index contributed by atoms with van der Waals surface area (Å²) in [6.07, 6.45) is -1.66. The van der Waals surface area contributed by atoms with Crippen molar-refractivity contribution in [3.05, 3.63) is 35.9 Å². The molecule has 1 atom stereocenters. The van der Waals surface area contributed by atoms with E-state index < -0.39 is 18.0 Å². The number of ether oxygens (including phenoxy) is 1. The number of esters is 1. The van der Waals surface area contributed by atoms with Gasteiger partial charge in [0.05, 0.1) is 6.42 Å². The van der Waals surface area contributed by atoms with Crippen molar-refractivity contribution in [3.8, 4) is 0 Å². The van der Waals surface area contributed by atoms with E-state index in [1.807, 2.05) is 35.6 Å². The third-order valence-electron chi connectivity index (χ3n) is 1.91. The molecule has 2 N–H and O–H groups in total. The number of hydrogen-bond donors (Lipinski definition) is 2. The van der Waals surface area contributed by atoms with Crippen molar-refractivity contribution in [2.24, 2.45) is 0 Å². The van der Waals surface area contributed by atoms with Crippen LogP contribution in [0.5, 0.6) is 0 Å². The first kappa shape index (κ1) is 13.3. The molecule has 0 bridgehead atoms. The van der Waals surface area contributed by atoms with E-state index in [1.165, 1.54) is 0 Å². The molecule has 0 saturated carbocycles. The molecular weight excluding hydrogens is 221 g/mol. The molecule has 6 heteroatoms. The van der Waals surface area contributed by atoms with Gasteiger partial charge in [0.1, 0.15) is 12.8 Å². The van der Waals surface area contributed by atoms with Gasteiger partial charge in [-0.05, 0) is 5.56 Å². The molecule has 1 aromatic carbocycles. The molecule has 1 aromatic rings. The Hall–Kier alpha value is -1.82. The molecule has 0 heterocycles. The third kappa shape index (κ3) is 5.72. The lowest BCUT2D eigenvalue weighted by Crippen LogP contribution is -2.35. The number of amides is 1. The van der Waals surface area contributed by atoms with Gasteiger partial charge in [0.25, 0.3) is 0 Å². The van der Waals surface area contributed by atoms with Crippen molar-refractivity contribution in [2.45, 2.75) is 19.3 Å². The van der Waals surface area contributed by atoms with Gasteiger partial charge in [-0.25, -0.2) is 0 Å². The van der Waals surface area contributed by atoms with Gasteiger partial charge in [-0.3, -0.25) is 9.59 Å². The minimum Gasteiger partial charge on any atom is -0.461 e. The van der Waals surface area contributed by atoms with Gasteiger partial charge < -0.3 is 15.2 Å². The Morgan fingerprint density at radius 2 is 2.00 bits per heavy atom. The second-order valence-electron chi connectivity index (χ2n) is 3.37. The van der Waals surface area contributed by atoms with E-state index in [1.54, 1.807) is 0 Å². The van der Waals surface area contributed by atoms with Gasteiger partial charge in [0.2, 0.25) is 7.85 Å². The molecule has 88 valence electrons. The Kier molecular flexibility index (Phi) is 5.22. The molecular formula is C11H12BNO4. The van der Waals surface area contributed by atoms with Gasteiger partial charge >= 0.3 is 5.97 Å². The van der Waals surface area contributed by atoms with E-state index in [-0.39, 0.29) is 13.0 Å². The molecule has 0 aliphatic heterocycles. The summed E-state index contributed by atoms with van der Waals surface area (Å²) < 4.78 is 4.89. The first-order valence-electron chi connectivity index (χ1n) is 5.01. The maximum absolute atomic E-state index is 11.2. The SMILES string of the molecule is [B]C(=O)NC(O)CC(=O)OCc1ccccc1. The molecule has 0 aromatic heterocycles. The van der Waals surface area contributed by atoms with E-state index in [2.05, 4.69) is 0 Å². The summed E-state index contributed by atoms with van der Waals surface area (Å²) in [5.41, 5.74) is 0.846. The number of aliphatic hydroxyl groups is 1. The summed E-state index contributed by atoms with van der Waals surface area (Å²) in [6, 6.07) is 9.13. The topological polar surface area (TPSA) is 75.6 Å². The van der Waals surface area contributed by atoms with Crippen LogP contribution in [0.4, 0.5) is 4.79 Å². The Morgan fingerprint density at radius 1 is 1.35 bits per heavy atom. The molecule has 1 amide bonds. The number of carbonyl (C=O) groups excluding carboxylic acids is 2. The van der Waals surface area contributed by atoms with Crippen molar-refractivity contribution in [2.75, 3.05) is 0 Å². The molecule has 5 nitrogen and oxygen atoms in total. The van der Waals surface area contributed by atoms with E-state index in [4.69, 9.17) is 12.6 Å².